The molecular formula is C21H25N4O5PS. The zero-order chi connectivity index (χ0) is 22.9. The van der Waals surface area contributed by atoms with Gasteiger partial charge in [-0.05, 0) is 48.6 Å². The van der Waals surface area contributed by atoms with Crippen LogP contribution in [0.2, 0.25) is 0 Å². The van der Waals surface area contributed by atoms with Crippen LogP contribution in [0.4, 0.5) is 5.69 Å². The van der Waals surface area contributed by atoms with Crippen LogP contribution in [0.5, 0.6) is 0 Å². The number of benzene rings is 1. The van der Waals surface area contributed by atoms with Crippen LogP contribution >= 0.6 is 19.6 Å². The second-order valence-electron chi connectivity index (χ2n) is 8.01. The number of phosphoric ester groups is 1. The Morgan fingerprint density at radius 2 is 2.12 bits per heavy atom. The largest absolute Gasteiger partial charge is 0.524 e. The molecule has 0 radical (unpaired) electrons. The molecule has 1 aromatic carbocycles. The van der Waals surface area contributed by atoms with Crippen molar-refractivity contribution < 1.29 is 23.7 Å². The Kier molecular flexibility index (Phi) is 6.33. The number of rotatable bonds is 6. The maximum Gasteiger partial charge on any atom is 0.524 e. The van der Waals surface area contributed by atoms with Gasteiger partial charge in [-0.25, -0.2) is 4.57 Å². The molecule has 1 aromatic heterocycles. The van der Waals surface area contributed by atoms with Crippen LogP contribution in [0, 0.1) is 5.92 Å². The van der Waals surface area contributed by atoms with Crippen LogP contribution in [0.1, 0.15) is 24.1 Å². The van der Waals surface area contributed by atoms with Crippen molar-refractivity contribution in [1.82, 2.24) is 4.98 Å². The molecule has 0 saturated heterocycles. The molecule has 1 aliphatic heterocycles. The maximum atomic E-state index is 11.9. The minimum Gasteiger partial charge on any atom is -0.402 e. The van der Waals surface area contributed by atoms with E-state index in [0.717, 1.165) is 21.9 Å². The van der Waals surface area contributed by atoms with Gasteiger partial charge in [-0.15, -0.1) is 11.8 Å². The van der Waals surface area contributed by atoms with Gasteiger partial charge in [0.05, 0.1) is 6.04 Å². The standard InChI is InChI=1S/C21H25N4O5PS/c22-15(20(23)26)10-21(13-11-25-16-5-1-2-6-18(16)32-12-13)8-7-17(30-31(27,28)29)19-14(21)4-3-9-24-19/h1-7,9,13,15,25H,8,10-12,22H2,(H2,23,26)(H2,27,28,29)/t13?,15-,21?/m0/s1. The molecule has 2 heterocycles. The molecule has 1 aliphatic carbocycles. The van der Waals surface area contributed by atoms with Crippen LogP contribution in [0.25, 0.3) is 5.76 Å². The third-order valence-electron chi connectivity index (χ3n) is 6.04. The van der Waals surface area contributed by atoms with Crippen molar-refractivity contribution in [2.75, 3.05) is 17.6 Å². The van der Waals surface area contributed by atoms with E-state index >= 15 is 0 Å². The van der Waals surface area contributed by atoms with E-state index < -0.39 is 25.2 Å². The highest BCUT2D eigenvalue weighted by molar-refractivity contribution is 7.99. The number of hydrogen-bond acceptors (Lipinski definition) is 7. The average Bonchev–Trinajstić information content (AvgIpc) is 2.98. The lowest BCUT2D eigenvalue weighted by molar-refractivity contribution is -0.119. The normalized spacial score (nSPS) is 23.6. The molecule has 32 heavy (non-hydrogen) atoms. The fourth-order valence-corrected chi connectivity index (χ4v) is 6.21. The van der Waals surface area contributed by atoms with Gasteiger partial charge in [-0.2, -0.15) is 0 Å². The number of nitrogens with two attached hydrogens (primary N) is 2. The second kappa shape index (κ2) is 8.88. The third-order valence-corrected chi connectivity index (χ3v) is 7.71. The highest BCUT2D eigenvalue weighted by Gasteiger charge is 2.47. The van der Waals surface area contributed by atoms with E-state index in [1.54, 1.807) is 23.9 Å². The molecule has 7 N–H and O–H groups in total. The van der Waals surface area contributed by atoms with Gasteiger partial charge >= 0.3 is 7.82 Å². The predicted molar refractivity (Wildman–Crippen MR) is 123 cm³/mol. The quantitative estimate of drug-likeness (QED) is 0.394. The molecule has 9 nitrogen and oxygen atoms in total. The van der Waals surface area contributed by atoms with E-state index in [4.69, 9.17) is 16.0 Å². The summed E-state index contributed by atoms with van der Waals surface area (Å²) in [4.78, 5) is 36.1. The fourth-order valence-electron chi connectivity index (χ4n) is 4.51. The minimum absolute atomic E-state index is 0.0149. The molecule has 2 aromatic rings. The second-order valence-corrected chi connectivity index (χ2v) is 10.2. The molecule has 11 heteroatoms. The summed E-state index contributed by atoms with van der Waals surface area (Å²) in [6.07, 6.45) is 3.80. The van der Waals surface area contributed by atoms with Crippen molar-refractivity contribution in [1.29, 1.82) is 0 Å². The zero-order valence-electron chi connectivity index (χ0n) is 17.2. The molecule has 170 valence electrons. The molecule has 0 bridgehead atoms. The monoisotopic (exact) mass is 476 g/mol. The van der Waals surface area contributed by atoms with Gasteiger partial charge in [-0.1, -0.05) is 18.2 Å². The molecular weight excluding hydrogens is 451 g/mol. The molecule has 0 fully saturated rings. The number of pyridine rings is 1. The van der Waals surface area contributed by atoms with Gasteiger partial charge in [-0.3, -0.25) is 19.6 Å². The first-order valence-corrected chi connectivity index (χ1v) is 12.6. The van der Waals surface area contributed by atoms with Crippen molar-refractivity contribution in [2.45, 2.75) is 29.2 Å². The van der Waals surface area contributed by atoms with Crippen LogP contribution in [-0.2, 0) is 19.3 Å². The summed E-state index contributed by atoms with van der Waals surface area (Å²) in [6.45, 7) is 0.617. The van der Waals surface area contributed by atoms with Gasteiger partial charge in [0.2, 0.25) is 5.91 Å². The van der Waals surface area contributed by atoms with Gasteiger partial charge in [0.15, 0.2) is 5.76 Å². The lowest BCUT2D eigenvalue weighted by Crippen LogP contribution is -2.49. The number of nitrogens with zero attached hydrogens (tertiary/aromatic N) is 1. The van der Waals surface area contributed by atoms with E-state index in [9.17, 15) is 19.1 Å². The number of phosphoric acid groups is 1. The molecule has 0 saturated carbocycles. The number of thioether (sulfide) groups is 1. The van der Waals surface area contributed by atoms with Crippen LogP contribution < -0.4 is 16.8 Å². The zero-order valence-corrected chi connectivity index (χ0v) is 18.9. The van der Waals surface area contributed by atoms with Crippen LogP contribution in [-0.4, -0.2) is 39.0 Å². The predicted octanol–water partition coefficient (Wildman–Crippen LogP) is 2.21. The smallest absolute Gasteiger partial charge is 0.402 e. The first-order chi connectivity index (χ1) is 15.2. The summed E-state index contributed by atoms with van der Waals surface area (Å²) >= 11 is 1.71. The molecule has 2 aliphatic rings. The van der Waals surface area contributed by atoms with E-state index in [-0.39, 0.29) is 18.1 Å². The molecule has 2 unspecified atom stereocenters. The van der Waals surface area contributed by atoms with Crippen molar-refractivity contribution in [3.8, 4) is 0 Å². The fraction of sp³-hybridized carbons (Fsp3) is 0.333. The number of hydrogen-bond donors (Lipinski definition) is 5. The van der Waals surface area contributed by atoms with Crippen molar-refractivity contribution in [3.63, 3.8) is 0 Å². The number of aromatic nitrogens is 1. The number of para-hydroxylation sites is 1. The Hall–Kier alpha value is -2.36. The number of nitrogens with one attached hydrogen (secondary N) is 1. The maximum absolute atomic E-state index is 11.9. The Bertz CT molecular complexity index is 1080. The Balaban J connectivity index is 1.78. The van der Waals surface area contributed by atoms with Crippen molar-refractivity contribution >= 4 is 36.9 Å². The van der Waals surface area contributed by atoms with Crippen LogP contribution in [0.3, 0.4) is 0 Å². The minimum atomic E-state index is -4.78. The van der Waals surface area contributed by atoms with Gasteiger partial charge in [0.1, 0.15) is 5.69 Å². The van der Waals surface area contributed by atoms with E-state index in [1.165, 1.54) is 6.20 Å². The molecule has 4 rings (SSSR count). The molecule has 3 atom stereocenters. The van der Waals surface area contributed by atoms with Crippen molar-refractivity contribution in [2.24, 2.45) is 17.4 Å². The Morgan fingerprint density at radius 3 is 2.88 bits per heavy atom. The summed E-state index contributed by atoms with van der Waals surface area (Å²) in [7, 11) is -4.78. The lowest BCUT2D eigenvalue weighted by atomic mass is 9.62. The number of carbonyl (C=O) groups excluding carboxylic acids is 1. The highest BCUT2D eigenvalue weighted by atomic mass is 32.2. The molecule has 1 amide bonds. The summed E-state index contributed by atoms with van der Waals surface area (Å²) in [5, 5.41) is 3.51. The Labute approximate surface area is 189 Å². The number of fused-ring (bicyclic) bond motifs is 2. The highest BCUT2D eigenvalue weighted by Crippen LogP contribution is 2.52. The van der Waals surface area contributed by atoms with Gasteiger partial charge in [0, 0.05) is 34.5 Å². The van der Waals surface area contributed by atoms with Gasteiger partial charge < -0.3 is 21.3 Å². The Morgan fingerprint density at radius 1 is 1.34 bits per heavy atom. The first-order valence-electron chi connectivity index (χ1n) is 10.1. The number of anilines is 1. The summed E-state index contributed by atoms with van der Waals surface area (Å²) in [5.74, 6) is 0.177. The topological polar surface area (TPSA) is 161 Å². The summed E-state index contributed by atoms with van der Waals surface area (Å²) < 4.78 is 16.5. The van der Waals surface area contributed by atoms with E-state index in [1.807, 2.05) is 24.3 Å². The van der Waals surface area contributed by atoms with Gasteiger partial charge in [0.25, 0.3) is 0 Å². The average molecular weight is 476 g/mol. The van der Waals surface area contributed by atoms with E-state index in [2.05, 4.69) is 16.4 Å². The third kappa shape index (κ3) is 4.55. The number of carbonyl (C=O) groups is 1. The summed E-state index contributed by atoms with van der Waals surface area (Å²) in [5.41, 5.74) is 13.2. The van der Waals surface area contributed by atoms with E-state index in [0.29, 0.717) is 18.7 Å². The lowest BCUT2D eigenvalue weighted by Gasteiger charge is -2.44. The van der Waals surface area contributed by atoms with Crippen molar-refractivity contribution in [3.05, 3.63) is 59.9 Å². The first kappa shape index (κ1) is 22.8. The SMILES string of the molecule is NC(=O)[C@@H](N)CC1(C2CNc3ccccc3SC2)CC=C(OP(=O)(O)O)c2ncccc21. The van der Waals surface area contributed by atoms with Crippen LogP contribution in [0.15, 0.2) is 53.6 Å². The summed E-state index contributed by atoms with van der Waals surface area (Å²) in [6, 6.07) is 10.8. The number of primary amides is 1. The number of allylic oxidation sites excluding steroid dienone is 1. The number of amides is 1. The molecule has 0 spiro atoms.